The number of rotatable bonds is 4. The predicted molar refractivity (Wildman–Crippen MR) is 59.0 cm³/mol. The number of carbonyl (C=O) groups is 1. The number of aliphatic carboxylic acids is 1. The first-order valence-corrected chi connectivity index (χ1v) is 6.46. The van der Waals surface area contributed by atoms with E-state index in [1.165, 1.54) is 18.5 Å². The van der Waals surface area contributed by atoms with E-state index in [9.17, 15) is 13.2 Å². The van der Waals surface area contributed by atoms with Gasteiger partial charge in [0.1, 0.15) is 0 Å². The number of carboxylic acids is 1. The quantitative estimate of drug-likeness (QED) is 0.880. The average molecular weight is 264 g/mol. The number of hydrogen-bond donors (Lipinski definition) is 1. The number of aromatic nitrogens is 1. The molecule has 1 aromatic rings. The molecule has 5 nitrogen and oxygen atoms in total. The Morgan fingerprint density at radius 2 is 2.25 bits per heavy atom. The molecule has 0 aliphatic carbocycles. The van der Waals surface area contributed by atoms with Gasteiger partial charge in [-0.3, -0.25) is 9.78 Å². The summed E-state index contributed by atoms with van der Waals surface area (Å²) in [5.41, 5.74) is 0.352. The SMILES string of the molecule is CC(C(=O)O)S(=O)(=O)Cc1ccncc1Cl. The fourth-order valence-electron chi connectivity index (χ4n) is 1.02. The van der Waals surface area contributed by atoms with Gasteiger partial charge in [0.05, 0.1) is 10.8 Å². The number of sulfone groups is 1. The highest BCUT2D eigenvalue weighted by Gasteiger charge is 2.28. The van der Waals surface area contributed by atoms with E-state index in [-0.39, 0.29) is 5.02 Å². The highest BCUT2D eigenvalue weighted by atomic mass is 35.5. The van der Waals surface area contributed by atoms with Gasteiger partial charge in [-0.1, -0.05) is 11.6 Å². The summed E-state index contributed by atoms with van der Waals surface area (Å²) in [5, 5.41) is 7.40. The summed E-state index contributed by atoms with van der Waals surface area (Å²) in [4.78, 5) is 14.3. The zero-order valence-corrected chi connectivity index (χ0v) is 9.99. The van der Waals surface area contributed by atoms with E-state index < -0.39 is 26.8 Å². The van der Waals surface area contributed by atoms with Crippen molar-refractivity contribution in [2.45, 2.75) is 17.9 Å². The third-order valence-corrected chi connectivity index (χ3v) is 4.43. The number of pyridine rings is 1. The maximum absolute atomic E-state index is 11.6. The van der Waals surface area contributed by atoms with Crippen LogP contribution < -0.4 is 0 Å². The molecule has 0 fully saturated rings. The highest BCUT2D eigenvalue weighted by molar-refractivity contribution is 7.92. The van der Waals surface area contributed by atoms with E-state index in [0.717, 1.165) is 6.92 Å². The Kier molecular flexibility index (Phi) is 3.88. The van der Waals surface area contributed by atoms with Crippen molar-refractivity contribution in [1.82, 2.24) is 4.98 Å². The van der Waals surface area contributed by atoms with E-state index in [2.05, 4.69) is 4.98 Å². The largest absolute Gasteiger partial charge is 0.480 e. The topological polar surface area (TPSA) is 84.3 Å². The van der Waals surface area contributed by atoms with E-state index in [0.29, 0.717) is 5.56 Å². The Balaban J connectivity index is 2.98. The van der Waals surface area contributed by atoms with Crippen LogP contribution in [0.1, 0.15) is 12.5 Å². The Morgan fingerprint density at radius 3 is 2.75 bits per heavy atom. The summed E-state index contributed by atoms with van der Waals surface area (Å²) >= 11 is 5.74. The van der Waals surface area contributed by atoms with Crippen molar-refractivity contribution in [3.63, 3.8) is 0 Å². The van der Waals surface area contributed by atoms with E-state index in [1.807, 2.05) is 0 Å². The van der Waals surface area contributed by atoms with Crippen molar-refractivity contribution in [2.75, 3.05) is 0 Å². The van der Waals surface area contributed by atoms with Gasteiger partial charge in [0.2, 0.25) is 0 Å². The lowest BCUT2D eigenvalue weighted by Crippen LogP contribution is -2.28. The van der Waals surface area contributed by atoms with Crippen LogP contribution in [0.25, 0.3) is 0 Å². The Morgan fingerprint density at radius 1 is 1.62 bits per heavy atom. The summed E-state index contributed by atoms with van der Waals surface area (Å²) in [6.45, 7) is 1.13. The van der Waals surface area contributed by atoms with Crippen LogP contribution in [0.4, 0.5) is 0 Å². The van der Waals surface area contributed by atoms with Crippen molar-refractivity contribution in [3.05, 3.63) is 29.0 Å². The van der Waals surface area contributed by atoms with Crippen LogP contribution in [0.5, 0.6) is 0 Å². The van der Waals surface area contributed by atoms with Crippen LogP contribution >= 0.6 is 11.6 Å². The molecular formula is C9H10ClNO4S. The lowest BCUT2D eigenvalue weighted by molar-refractivity contribution is -0.136. The Bertz CT molecular complexity index is 500. The fourth-order valence-corrected chi connectivity index (χ4v) is 2.52. The van der Waals surface area contributed by atoms with Crippen LogP contribution in [0, 0.1) is 0 Å². The number of halogens is 1. The smallest absolute Gasteiger partial charge is 0.321 e. The van der Waals surface area contributed by atoms with E-state index >= 15 is 0 Å². The molecule has 1 heterocycles. The van der Waals surface area contributed by atoms with E-state index in [1.54, 1.807) is 0 Å². The third-order valence-electron chi connectivity index (χ3n) is 2.10. The molecule has 0 bridgehead atoms. The van der Waals surface area contributed by atoms with Gasteiger partial charge in [0, 0.05) is 12.4 Å². The molecule has 1 rings (SSSR count). The summed E-state index contributed by atoms with van der Waals surface area (Å²) in [5.74, 6) is -1.77. The Labute approximate surface area is 98.0 Å². The second-order valence-electron chi connectivity index (χ2n) is 3.25. The minimum atomic E-state index is -3.75. The lowest BCUT2D eigenvalue weighted by atomic mass is 10.3. The van der Waals surface area contributed by atoms with Gasteiger partial charge in [0.15, 0.2) is 15.1 Å². The minimum Gasteiger partial charge on any atom is -0.480 e. The molecule has 1 atom stereocenters. The summed E-state index contributed by atoms with van der Waals surface area (Å²) < 4.78 is 23.3. The van der Waals surface area contributed by atoms with Gasteiger partial charge in [0.25, 0.3) is 0 Å². The second-order valence-corrected chi connectivity index (χ2v) is 5.98. The second kappa shape index (κ2) is 4.80. The first-order chi connectivity index (χ1) is 7.34. The van der Waals surface area contributed by atoms with Gasteiger partial charge in [-0.2, -0.15) is 0 Å². The van der Waals surface area contributed by atoms with Crippen molar-refractivity contribution < 1.29 is 18.3 Å². The van der Waals surface area contributed by atoms with Crippen LogP contribution in [-0.4, -0.2) is 29.7 Å². The third kappa shape index (κ3) is 2.93. The van der Waals surface area contributed by atoms with Crippen molar-refractivity contribution in [3.8, 4) is 0 Å². The zero-order valence-electron chi connectivity index (χ0n) is 8.42. The van der Waals surface area contributed by atoms with Gasteiger partial charge in [-0.15, -0.1) is 0 Å². The van der Waals surface area contributed by atoms with E-state index in [4.69, 9.17) is 16.7 Å². The maximum Gasteiger partial charge on any atom is 0.321 e. The first-order valence-electron chi connectivity index (χ1n) is 4.37. The molecule has 1 aromatic heterocycles. The summed E-state index contributed by atoms with van der Waals surface area (Å²) in [7, 11) is -3.75. The van der Waals surface area contributed by atoms with Crippen LogP contribution in [-0.2, 0) is 20.4 Å². The molecule has 16 heavy (non-hydrogen) atoms. The predicted octanol–water partition coefficient (Wildman–Crippen LogP) is 1.12. The van der Waals surface area contributed by atoms with Crippen LogP contribution in [0.15, 0.2) is 18.5 Å². The molecular weight excluding hydrogens is 254 g/mol. The Hall–Kier alpha value is -1.14. The van der Waals surface area contributed by atoms with Crippen LogP contribution in [0.3, 0.4) is 0 Å². The highest BCUT2D eigenvalue weighted by Crippen LogP contribution is 2.18. The first kappa shape index (κ1) is 12.9. The molecule has 0 saturated carbocycles. The molecule has 0 aliphatic rings. The summed E-state index contributed by atoms with van der Waals surface area (Å²) in [6, 6.07) is 1.45. The van der Waals surface area contributed by atoms with Crippen LogP contribution in [0.2, 0.25) is 5.02 Å². The average Bonchev–Trinajstić information content (AvgIpc) is 2.20. The monoisotopic (exact) mass is 263 g/mol. The molecule has 0 spiro atoms. The molecule has 0 aromatic carbocycles. The molecule has 1 N–H and O–H groups in total. The zero-order chi connectivity index (χ0) is 12.3. The molecule has 0 radical (unpaired) electrons. The number of carboxylic acid groups (broad SMARTS) is 1. The standard InChI is InChI=1S/C9H10ClNO4S/c1-6(9(12)13)16(14,15)5-7-2-3-11-4-8(7)10/h2-4,6H,5H2,1H3,(H,12,13). The molecule has 0 amide bonds. The van der Waals surface area contributed by atoms with Gasteiger partial charge in [-0.05, 0) is 18.6 Å². The normalized spacial score (nSPS) is 13.4. The van der Waals surface area contributed by atoms with Crippen molar-refractivity contribution in [2.24, 2.45) is 0 Å². The van der Waals surface area contributed by atoms with Gasteiger partial charge >= 0.3 is 5.97 Å². The molecule has 7 heteroatoms. The molecule has 1 unspecified atom stereocenters. The maximum atomic E-state index is 11.6. The molecule has 0 aliphatic heterocycles. The molecule has 0 saturated heterocycles. The number of nitrogens with zero attached hydrogens (tertiary/aromatic N) is 1. The lowest BCUT2D eigenvalue weighted by Gasteiger charge is -2.09. The van der Waals surface area contributed by atoms with Gasteiger partial charge < -0.3 is 5.11 Å². The number of hydrogen-bond acceptors (Lipinski definition) is 4. The van der Waals surface area contributed by atoms with Crippen molar-refractivity contribution >= 4 is 27.4 Å². The summed E-state index contributed by atoms with van der Waals surface area (Å²) in [6.07, 6.45) is 2.72. The minimum absolute atomic E-state index is 0.212. The van der Waals surface area contributed by atoms with Crippen molar-refractivity contribution in [1.29, 1.82) is 0 Å². The molecule has 88 valence electrons. The van der Waals surface area contributed by atoms with Gasteiger partial charge in [-0.25, -0.2) is 8.42 Å². The fraction of sp³-hybridized carbons (Fsp3) is 0.333.